The van der Waals surface area contributed by atoms with E-state index >= 15 is 0 Å². The highest BCUT2D eigenvalue weighted by Crippen LogP contribution is 2.48. The molecule has 0 spiro atoms. The van der Waals surface area contributed by atoms with Crippen LogP contribution in [0.2, 0.25) is 0 Å². The molecule has 2 fully saturated rings. The second-order valence-corrected chi connectivity index (χ2v) is 6.30. The molecule has 2 bridgehead atoms. The summed E-state index contributed by atoms with van der Waals surface area (Å²) in [5.74, 6) is 2.35. The molecule has 3 heteroatoms. The maximum atomic E-state index is 12.2. The van der Waals surface area contributed by atoms with Crippen molar-refractivity contribution in [3.63, 3.8) is 0 Å². The number of carbonyl (C=O) groups is 1. The fourth-order valence-corrected chi connectivity index (χ4v) is 3.62. The Morgan fingerprint density at radius 1 is 1.35 bits per heavy atom. The quantitative estimate of drug-likeness (QED) is 0.770. The maximum absolute atomic E-state index is 12.2. The lowest BCUT2D eigenvalue weighted by Crippen LogP contribution is -2.43. The van der Waals surface area contributed by atoms with Crippen molar-refractivity contribution in [1.82, 2.24) is 5.32 Å². The molecule has 2 aliphatic rings. The first-order valence-electron chi connectivity index (χ1n) is 7.01. The number of rotatable bonds is 5. The molecule has 98 valence electrons. The first kappa shape index (κ1) is 12.9. The van der Waals surface area contributed by atoms with Crippen LogP contribution < -0.4 is 5.32 Å². The average Bonchev–Trinajstić information content (AvgIpc) is 2.88. The highest BCUT2D eigenvalue weighted by atomic mass is 16.3. The number of aliphatic hydroxyl groups excluding tert-OH is 1. The molecule has 1 amide bonds. The minimum absolute atomic E-state index is 0.0540. The molecule has 0 aromatic rings. The molecule has 4 atom stereocenters. The van der Waals surface area contributed by atoms with Crippen LogP contribution in [0.15, 0.2) is 0 Å². The minimum atomic E-state index is -0.0540. The SMILES string of the molecule is CC(C)CC(CO)NC(=O)C1CC2CCC1C2. The molecule has 0 aromatic heterocycles. The van der Waals surface area contributed by atoms with Crippen LogP contribution in [0.4, 0.5) is 0 Å². The van der Waals surface area contributed by atoms with E-state index in [0.717, 1.165) is 18.8 Å². The lowest BCUT2D eigenvalue weighted by atomic mass is 9.88. The van der Waals surface area contributed by atoms with Gasteiger partial charge in [-0.05, 0) is 43.4 Å². The van der Waals surface area contributed by atoms with Crippen LogP contribution >= 0.6 is 0 Å². The van der Waals surface area contributed by atoms with E-state index in [4.69, 9.17) is 0 Å². The fourth-order valence-electron chi connectivity index (χ4n) is 3.62. The van der Waals surface area contributed by atoms with E-state index in [0.29, 0.717) is 11.8 Å². The Labute approximate surface area is 104 Å². The van der Waals surface area contributed by atoms with Gasteiger partial charge in [0, 0.05) is 5.92 Å². The number of nitrogens with one attached hydrogen (secondary N) is 1. The van der Waals surface area contributed by atoms with Crippen LogP contribution in [0, 0.1) is 23.7 Å². The molecule has 2 rings (SSSR count). The molecule has 4 unspecified atom stereocenters. The van der Waals surface area contributed by atoms with Crippen LogP contribution in [0.3, 0.4) is 0 Å². The largest absolute Gasteiger partial charge is 0.394 e. The second kappa shape index (κ2) is 5.38. The molecular formula is C14H25NO2. The summed E-state index contributed by atoms with van der Waals surface area (Å²) < 4.78 is 0. The van der Waals surface area contributed by atoms with E-state index < -0.39 is 0 Å². The molecule has 2 N–H and O–H groups in total. The van der Waals surface area contributed by atoms with Gasteiger partial charge in [-0.25, -0.2) is 0 Å². The van der Waals surface area contributed by atoms with Gasteiger partial charge in [-0.15, -0.1) is 0 Å². The molecule has 2 aliphatic carbocycles. The maximum Gasteiger partial charge on any atom is 0.223 e. The smallest absolute Gasteiger partial charge is 0.223 e. The number of hydrogen-bond donors (Lipinski definition) is 2. The molecule has 2 saturated carbocycles. The summed E-state index contributed by atoms with van der Waals surface area (Å²) in [6.07, 6.45) is 5.76. The van der Waals surface area contributed by atoms with Crippen molar-refractivity contribution in [3.8, 4) is 0 Å². The van der Waals surface area contributed by atoms with Crippen LogP contribution in [0.5, 0.6) is 0 Å². The number of fused-ring (bicyclic) bond motifs is 2. The fraction of sp³-hybridized carbons (Fsp3) is 0.929. The third-order valence-electron chi connectivity index (χ3n) is 4.40. The van der Waals surface area contributed by atoms with Crippen molar-refractivity contribution in [2.24, 2.45) is 23.7 Å². The predicted octanol–water partition coefficient (Wildman–Crippen LogP) is 1.95. The molecule has 0 saturated heterocycles. The zero-order valence-electron chi connectivity index (χ0n) is 11.0. The molecule has 0 aliphatic heterocycles. The summed E-state index contributed by atoms with van der Waals surface area (Å²) in [6, 6.07) is -0.0540. The Morgan fingerprint density at radius 2 is 2.12 bits per heavy atom. The molecule has 0 radical (unpaired) electrons. The van der Waals surface area contributed by atoms with Crippen molar-refractivity contribution in [3.05, 3.63) is 0 Å². The van der Waals surface area contributed by atoms with Gasteiger partial charge >= 0.3 is 0 Å². The van der Waals surface area contributed by atoms with E-state index in [-0.39, 0.29) is 24.5 Å². The summed E-state index contributed by atoms with van der Waals surface area (Å²) in [6.45, 7) is 4.30. The van der Waals surface area contributed by atoms with Crippen LogP contribution in [0.1, 0.15) is 46.0 Å². The van der Waals surface area contributed by atoms with Crippen LogP contribution in [-0.4, -0.2) is 23.7 Å². The molecular weight excluding hydrogens is 214 g/mol. The van der Waals surface area contributed by atoms with Gasteiger partial charge in [0.25, 0.3) is 0 Å². The van der Waals surface area contributed by atoms with Crippen LogP contribution in [-0.2, 0) is 4.79 Å². The van der Waals surface area contributed by atoms with Gasteiger partial charge in [0.05, 0.1) is 12.6 Å². The van der Waals surface area contributed by atoms with Crippen molar-refractivity contribution in [2.45, 2.75) is 52.0 Å². The first-order chi connectivity index (χ1) is 8.10. The van der Waals surface area contributed by atoms with Crippen LogP contribution in [0.25, 0.3) is 0 Å². The van der Waals surface area contributed by atoms with Gasteiger partial charge in [0.1, 0.15) is 0 Å². The zero-order chi connectivity index (χ0) is 12.4. The van der Waals surface area contributed by atoms with E-state index in [1.54, 1.807) is 0 Å². The second-order valence-electron chi connectivity index (χ2n) is 6.30. The Hall–Kier alpha value is -0.570. The lowest BCUT2D eigenvalue weighted by molar-refractivity contribution is -0.127. The van der Waals surface area contributed by atoms with E-state index in [1.165, 1.54) is 19.3 Å². The average molecular weight is 239 g/mol. The zero-order valence-corrected chi connectivity index (χ0v) is 11.0. The van der Waals surface area contributed by atoms with Gasteiger partial charge in [-0.2, -0.15) is 0 Å². The van der Waals surface area contributed by atoms with Gasteiger partial charge in [-0.3, -0.25) is 4.79 Å². The molecule has 17 heavy (non-hydrogen) atoms. The summed E-state index contributed by atoms with van der Waals surface area (Å²) in [4.78, 5) is 12.2. The third-order valence-corrected chi connectivity index (χ3v) is 4.40. The highest BCUT2D eigenvalue weighted by molar-refractivity contribution is 5.79. The molecule has 0 heterocycles. The Kier molecular flexibility index (Phi) is 4.08. The highest BCUT2D eigenvalue weighted by Gasteiger charge is 2.43. The molecule has 0 aromatic carbocycles. The van der Waals surface area contributed by atoms with Crippen molar-refractivity contribution < 1.29 is 9.90 Å². The number of aliphatic hydroxyl groups is 1. The Balaban J connectivity index is 1.83. The predicted molar refractivity (Wildman–Crippen MR) is 67.4 cm³/mol. The van der Waals surface area contributed by atoms with Gasteiger partial charge in [0.2, 0.25) is 5.91 Å². The summed E-state index contributed by atoms with van der Waals surface area (Å²) >= 11 is 0. The lowest BCUT2D eigenvalue weighted by Gasteiger charge is -2.25. The number of amides is 1. The van der Waals surface area contributed by atoms with Gasteiger partial charge in [-0.1, -0.05) is 20.3 Å². The van der Waals surface area contributed by atoms with Gasteiger partial charge < -0.3 is 10.4 Å². The monoisotopic (exact) mass is 239 g/mol. The Morgan fingerprint density at radius 3 is 2.59 bits per heavy atom. The summed E-state index contributed by atoms with van der Waals surface area (Å²) in [7, 11) is 0. The van der Waals surface area contributed by atoms with Crippen molar-refractivity contribution in [1.29, 1.82) is 0 Å². The molecule has 3 nitrogen and oxygen atoms in total. The Bertz CT molecular complexity index is 277. The van der Waals surface area contributed by atoms with Gasteiger partial charge in [0.15, 0.2) is 0 Å². The summed E-state index contributed by atoms with van der Waals surface area (Å²) in [5.41, 5.74) is 0. The number of hydrogen-bond acceptors (Lipinski definition) is 2. The number of carbonyl (C=O) groups excluding carboxylic acids is 1. The van der Waals surface area contributed by atoms with E-state index in [2.05, 4.69) is 19.2 Å². The third kappa shape index (κ3) is 3.01. The first-order valence-corrected chi connectivity index (χ1v) is 7.01. The van der Waals surface area contributed by atoms with Crippen molar-refractivity contribution >= 4 is 5.91 Å². The standard InChI is InChI=1S/C14H25NO2/c1-9(2)5-12(8-16)15-14(17)13-7-10-3-4-11(13)6-10/h9-13,16H,3-8H2,1-2H3,(H,15,17). The van der Waals surface area contributed by atoms with Crippen molar-refractivity contribution in [2.75, 3.05) is 6.61 Å². The van der Waals surface area contributed by atoms with E-state index in [9.17, 15) is 9.90 Å². The normalized spacial score (nSPS) is 33.1. The summed E-state index contributed by atoms with van der Waals surface area (Å²) in [5, 5.41) is 12.3. The topological polar surface area (TPSA) is 49.3 Å². The minimum Gasteiger partial charge on any atom is -0.394 e. The van der Waals surface area contributed by atoms with E-state index in [1.807, 2.05) is 0 Å².